The molecule has 4 rings (SSSR count). The number of benzene rings is 2. The molecule has 1 unspecified atom stereocenters. The van der Waals surface area contributed by atoms with Crippen LogP contribution in [0.5, 0.6) is 5.75 Å². The summed E-state index contributed by atoms with van der Waals surface area (Å²) in [6.07, 6.45) is -0.293. The molecule has 0 saturated carbocycles. The lowest BCUT2D eigenvalue weighted by Gasteiger charge is -2.21. The van der Waals surface area contributed by atoms with Crippen LogP contribution in [0.1, 0.15) is 69.6 Å². The Bertz CT molecular complexity index is 1330. The first kappa shape index (κ1) is 25.2. The average molecular weight is 510 g/mol. The highest BCUT2D eigenvalue weighted by atomic mass is 32.2. The van der Waals surface area contributed by atoms with Crippen LogP contribution in [0.15, 0.2) is 47.6 Å². The summed E-state index contributed by atoms with van der Waals surface area (Å²) in [5, 5.41) is 13.0. The SMILES string of the molecule is Cc1cccc2sc(NC(=O)CSc3nnc(C(C)Oc4ccccc4C(C)C)n3C(C)C)nc12. The largest absolute Gasteiger partial charge is 0.482 e. The van der Waals surface area contributed by atoms with Crippen molar-refractivity contribution in [1.82, 2.24) is 19.7 Å². The van der Waals surface area contributed by atoms with Gasteiger partial charge in [-0.1, -0.05) is 67.3 Å². The monoisotopic (exact) mass is 509 g/mol. The predicted molar refractivity (Wildman–Crippen MR) is 144 cm³/mol. The fourth-order valence-corrected chi connectivity index (χ4v) is 5.72. The van der Waals surface area contributed by atoms with E-state index in [0.717, 1.165) is 32.9 Å². The average Bonchev–Trinajstić information content (AvgIpc) is 3.42. The number of rotatable bonds is 9. The topological polar surface area (TPSA) is 81.9 Å². The number of hydrogen-bond acceptors (Lipinski definition) is 7. The molecule has 2 aromatic heterocycles. The van der Waals surface area contributed by atoms with Gasteiger partial charge in [0, 0.05) is 6.04 Å². The molecular weight excluding hydrogens is 478 g/mol. The van der Waals surface area contributed by atoms with Gasteiger partial charge in [-0.3, -0.25) is 4.79 Å². The third-order valence-electron chi connectivity index (χ3n) is 5.62. The first-order valence-electron chi connectivity index (χ1n) is 11.7. The molecule has 1 amide bonds. The van der Waals surface area contributed by atoms with E-state index >= 15 is 0 Å². The minimum Gasteiger partial charge on any atom is -0.482 e. The zero-order chi connectivity index (χ0) is 25.1. The molecule has 9 heteroatoms. The number of para-hydroxylation sites is 2. The van der Waals surface area contributed by atoms with Crippen molar-refractivity contribution in [2.45, 2.75) is 64.8 Å². The van der Waals surface area contributed by atoms with Gasteiger partial charge in [0.05, 0.1) is 16.0 Å². The van der Waals surface area contributed by atoms with Crippen LogP contribution in [0.3, 0.4) is 0 Å². The number of nitrogens with one attached hydrogen (secondary N) is 1. The van der Waals surface area contributed by atoms with E-state index in [1.54, 1.807) is 0 Å². The number of amides is 1. The van der Waals surface area contributed by atoms with Gasteiger partial charge in [0.1, 0.15) is 5.75 Å². The number of ether oxygens (including phenoxy) is 1. The Balaban J connectivity index is 1.45. The summed E-state index contributed by atoms with van der Waals surface area (Å²) in [5.41, 5.74) is 3.18. The Kier molecular flexibility index (Phi) is 7.76. The zero-order valence-electron chi connectivity index (χ0n) is 20.9. The lowest BCUT2D eigenvalue weighted by atomic mass is 10.0. The smallest absolute Gasteiger partial charge is 0.236 e. The van der Waals surface area contributed by atoms with E-state index < -0.39 is 0 Å². The van der Waals surface area contributed by atoms with Gasteiger partial charge < -0.3 is 14.6 Å². The summed E-state index contributed by atoms with van der Waals surface area (Å²) >= 11 is 2.84. The zero-order valence-corrected chi connectivity index (χ0v) is 22.5. The Morgan fingerprint density at radius 2 is 1.86 bits per heavy atom. The summed E-state index contributed by atoms with van der Waals surface area (Å²) in [6.45, 7) is 12.5. The summed E-state index contributed by atoms with van der Waals surface area (Å²) in [7, 11) is 0. The number of carbonyl (C=O) groups is 1. The van der Waals surface area contributed by atoms with E-state index in [0.29, 0.717) is 16.2 Å². The molecule has 4 aromatic rings. The highest BCUT2D eigenvalue weighted by molar-refractivity contribution is 7.99. The molecule has 0 fully saturated rings. The minimum atomic E-state index is -0.293. The Morgan fingerprint density at radius 1 is 1.09 bits per heavy atom. The first-order chi connectivity index (χ1) is 16.7. The van der Waals surface area contributed by atoms with Crippen molar-refractivity contribution in [1.29, 1.82) is 0 Å². The van der Waals surface area contributed by atoms with E-state index in [-0.39, 0.29) is 23.8 Å². The van der Waals surface area contributed by atoms with Crippen LogP contribution in [-0.4, -0.2) is 31.4 Å². The highest BCUT2D eigenvalue weighted by Crippen LogP contribution is 2.32. The molecule has 0 radical (unpaired) electrons. The van der Waals surface area contributed by atoms with Gasteiger partial charge in [-0.15, -0.1) is 10.2 Å². The van der Waals surface area contributed by atoms with E-state index in [9.17, 15) is 4.79 Å². The molecule has 0 aliphatic heterocycles. The van der Waals surface area contributed by atoms with Crippen molar-refractivity contribution in [3.63, 3.8) is 0 Å². The molecule has 0 aliphatic rings. The van der Waals surface area contributed by atoms with Crippen LogP contribution in [-0.2, 0) is 4.79 Å². The molecule has 2 heterocycles. The third kappa shape index (κ3) is 5.67. The van der Waals surface area contributed by atoms with Gasteiger partial charge >= 0.3 is 0 Å². The minimum absolute atomic E-state index is 0.115. The second-order valence-corrected chi connectivity index (χ2v) is 11.0. The molecule has 184 valence electrons. The Labute approximate surface area is 214 Å². The quantitative estimate of drug-likeness (QED) is 0.251. The maximum atomic E-state index is 12.7. The molecule has 35 heavy (non-hydrogen) atoms. The van der Waals surface area contributed by atoms with Gasteiger partial charge in [0.2, 0.25) is 5.91 Å². The van der Waals surface area contributed by atoms with Gasteiger partial charge in [0.15, 0.2) is 22.2 Å². The molecule has 0 saturated heterocycles. The van der Waals surface area contributed by atoms with Crippen LogP contribution < -0.4 is 10.1 Å². The second kappa shape index (κ2) is 10.8. The molecule has 2 aromatic carbocycles. The highest BCUT2D eigenvalue weighted by Gasteiger charge is 2.23. The summed E-state index contributed by atoms with van der Waals surface area (Å²) < 4.78 is 9.42. The molecular formula is C26H31N5O2S2. The number of hydrogen-bond donors (Lipinski definition) is 1. The molecule has 1 atom stereocenters. The van der Waals surface area contributed by atoms with Crippen molar-refractivity contribution in [3.05, 3.63) is 59.4 Å². The predicted octanol–water partition coefficient (Wildman–Crippen LogP) is 6.77. The van der Waals surface area contributed by atoms with E-state index in [2.05, 4.69) is 54.3 Å². The number of fused-ring (bicyclic) bond motifs is 1. The third-order valence-corrected chi connectivity index (χ3v) is 7.49. The summed E-state index contributed by atoms with van der Waals surface area (Å²) in [6, 6.07) is 14.2. The molecule has 1 N–H and O–H groups in total. The normalized spacial score (nSPS) is 12.5. The molecule has 7 nitrogen and oxygen atoms in total. The fourth-order valence-electron chi connectivity index (χ4n) is 3.88. The molecule has 0 aliphatic carbocycles. The standard InChI is InChI=1S/C26H31N5O2S2/c1-15(2)19-11-7-8-12-20(19)33-18(6)24-29-30-26(31(24)16(3)4)34-14-22(32)27-25-28-23-17(5)10-9-13-21(23)35-25/h7-13,15-16,18H,14H2,1-6H3,(H,27,28,32). The summed E-state index contributed by atoms with van der Waals surface area (Å²) in [4.78, 5) is 17.2. The number of anilines is 1. The molecule has 0 spiro atoms. The van der Waals surface area contributed by atoms with Crippen molar-refractivity contribution >= 4 is 44.4 Å². The second-order valence-electron chi connectivity index (χ2n) is 9.03. The van der Waals surface area contributed by atoms with Gasteiger partial charge in [-0.2, -0.15) is 0 Å². The first-order valence-corrected chi connectivity index (χ1v) is 13.5. The number of aryl methyl sites for hydroxylation is 1. The van der Waals surface area contributed by atoms with Gasteiger partial charge in [-0.05, 0) is 56.9 Å². The van der Waals surface area contributed by atoms with Gasteiger partial charge in [0.25, 0.3) is 0 Å². The van der Waals surface area contributed by atoms with Crippen LogP contribution in [0.25, 0.3) is 10.2 Å². The van der Waals surface area contributed by atoms with Crippen molar-refractivity contribution in [2.24, 2.45) is 0 Å². The molecule has 0 bridgehead atoms. The number of thioether (sulfide) groups is 1. The number of thiazole rings is 1. The van der Waals surface area contributed by atoms with Crippen molar-refractivity contribution < 1.29 is 9.53 Å². The van der Waals surface area contributed by atoms with Gasteiger partial charge in [-0.25, -0.2) is 4.98 Å². The Hall–Kier alpha value is -2.91. The Morgan fingerprint density at radius 3 is 2.57 bits per heavy atom. The maximum Gasteiger partial charge on any atom is 0.236 e. The number of carbonyl (C=O) groups excluding carboxylic acids is 1. The fraction of sp³-hybridized carbons (Fsp3) is 0.385. The number of aromatic nitrogens is 4. The van der Waals surface area contributed by atoms with E-state index in [1.807, 2.05) is 54.8 Å². The lowest BCUT2D eigenvalue weighted by Crippen LogP contribution is -2.17. The van der Waals surface area contributed by atoms with Crippen LogP contribution >= 0.6 is 23.1 Å². The lowest BCUT2D eigenvalue weighted by molar-refractivity contribution is -0.113. The van der Waals surface area contributed by atoms with E-state index in [1.165, 1.54) is 23.1 Å². The van der Waals surface area contributed by atoms with Crippen LogP contribution in [0.2, 0.25) is 0 Å². The number of nitrogens with zero attached hydrogens (tertiary/aromatic N) is 4. The van der Waals surface area contributed by atoms with Crippen molar-refractivity contribution in [3.8, 4) is 5.75 Å². The maximum absolute atomic E-state index is 12.7. The van der Waals surface area contributed by atoms with Crippen LogP contribution in [0, 0.1) is 6.92 Å². The van der Waals surface area contributed by atoms with Crippen molar-refractivity contribution in [2.75, 3.05) is 11.1 Å². The summed E-state index contributed by atoms with van der Waals surface area (Å²) in [5.74, 6) is 2.04. The van der Waals surface area contributed by atoms with Crippen LogP contribution in [0.4, 0.5) is 5.13 Å². The van der Waals surface area contributed by atoms with E-state index in [4.69, 9.17) is 4.74 Å².